The summed E-state index contributed by atoms with van der Waals surface area (Å²) in [6.45, 7) is 1.25. The first-order valence-corrected chi connectivity index (χ1v) is 6.33. The van der Waals surface area contributed by atoms with E-state index in [1.54, 1.807) is 6.07 Å². The topological polar surface area (TPSA) is 41.5 Å². The van der Waals surface area contributed by atoms with Crippen molar-refractivity contribution in [2.24, 2.45) is 5.92 Å². The van der Waals surface area contributed by atoms with Crippen molar-refractivity contribution in [2.45, 2.75) is 18.9 Å². The average molecular weight is 256 g/mol. The molecule has 0 spiro atoms. The summed E-state index contributed by atoms with van der Waals surface area (Å²) in [5.41, 5.74) is 0.828. The number of hydrogen-bond donors (Lipinski definition) is 2. The second-order valence-corrected chi connectivity index (χ2v) is 4.92. The molecule has 1 atom stereocenters. The Bertz CT molecular complexity index is 380. The molecule has 0 amide bonds. The van der Waals surface area contributed by atoms with Crippen LogP contribution in [-0.4, -0.2) is 25.3 Å². The van der Waals surface area contributed by atoms with Gasteiger partial charge in [-0.15, -0.1) is 0 Å². The summed E-state index contributed by atoms with van der Waals surface area (Å²) in [5.74, 6) is 1.36. The Morgan fingerprint density at radius 1 is 1.53 bits per heavy atom. The summed E-state index contributed by atoms with van der Waals surface area (Å²) in [7, 11) is 1.81. The minimum atomic E-state index is -0.527. The van der Waals surface area contributed by atoms with Gasteiger partial charge >= 0.3 is 0 Å². The number of hydrogen-bond acceptors (Lipinski definition) is 3. The minimum Gasteiger partial charge on any atom is -0.492 e. The summed E-state index contributed by atoms with van der Waals surface area (Å²) in [4.78, 5) is 0. The van der Waals surface area contributed by atoms with Gasteiger partial charge in [-0.05, 0) is 43.5 Å². The molecule has 1 saturated carbocycles. The summed E-state index contributed by atoms with van der Waals surface area (Å²) in [6.07, 6.45) is 1.97. The Morgan fingerprint density at radius 3 is 2.94 bits per heavy atom. The molecular formula is C13H18ClNO2. The van der Waals surface area contributed by atoms with Gasteiger partial charge in [0, 0.05) is 6.54 Å². The molecule has 1 aliphatic carbocycles. The molecule has 0 radical (unpaired) electrons. The first kappa shape index (κ1) is 12.7. The Labute approximate surface area is 107 Å². The van der Waals surface area contributed by atoms with Crippen molar-refractivity contribution in [3.05, 3.63) is 28.8 Å². The van der Waals surface area contributed by atoms with E-state index in [2.05, 4.69) is 5.32 Å². The lowest BCUT2D eigenvalue weighted by molar-refractivity contribution is 0.177. The van der Waals surface area contributed by atoms with Crippen LogP contribution in [0.25, 0.3) is 0 Å². The van der Waals surface area contributed by atoms with Gasteiger partial charge in [-0.1, -0.05) is 17.7 Å². The monoisotopic (exact) mass is 255 g/mol. The molecule has 0 saturated heterocycles. The molecule has 17 heavy (non-hydrogen) atoms. The van der Waals surface area contributed by atoms with E-state index in [4.69, 9.17) is 16.3 Å². The molecule has 0 aromatic heterocycles. The lowest BCUT2D eigenvalue weighted by atomic mass is 10.1. The Balaban J connectivity index is 2.04. The molecule has 2 N–H and O–H groups in total. The predicted molar refractivity (Wildman–Crippen MR) is 68.6 cm³/mol. The zero-order valence-corrected chi connectivity index (χ0v) is 10.7. The highest BCUT2D eigenvalue weighted by Gasteiger charge is 2.22. The number of halogens is 1. The van der Waals surface area contributed by atoms with Crippen molar-refractivity contribution in [1.82, 2.24) is 5.32 Å². The molecule has 1 aliphatic rings. The zero-order valence-electron chi connectivity index (χ0n) is 9.95. The van der Waals surface area contributed by atoms with Gasteiger partial charge in [0.1, 0.15) is 5.75 Å². The maximum atomic E-state index is 9.86. The van der Waals surface area contributed by atoms with Crippen LogP contribution in [0.15, 0.2) is 18.2 Å². The van der Waals surface area contributed by atoms with E-state index in [0.717, 1.165) is 12.2 Å². The van der Waals surface area contributed by atoms with Crippen molar-refractivity contribution < 1.29 is 9.84 Å². The number of ether oxygens (including phenoxy) is 1. The fourth-order valence-corrected chi connectivity index (χ4v) is 1.81. The molecule has 0 aliphatic heterocycles. The van der Waals surface area contributed by atoms with E-state index < -0.39 is 6.10 Å². The van der Waals surface area contributed by atoms with Crippen LogP contribution >= 0.6 is 11.6 Å². The van der Waals surface area contributed by atoms with Crippen LogP contribution in [0.2, 0.25) is 5.02 Å². The molecule has 94 valence electrons. The largest absolute Gasteiger partial charge is 0.492 e. The molecule has 1 aromatic rings. The van der Waals surface area contributed by atoms with Crippen LogP contribution in [0.4, 0.5) is 0 Å². The molecule has 0 heterocycles. The van der Waals surface area contributed by atoms with Gasteiger partial charge in [0.05, 0.1) is 17.7 Å². The second-order valence-electron chi connectivity index (χ2n) is 4.52. The lowest BCUT2D eigenvalue weighted by Crippen LogP contribution is -2.16. The Hall–Kier alpha value is -0.770. The SMILES string of the molecule is CNCC(O)c1ccc(Cl)c(OCC2CC2)c1. The highest BCUT2D eigenvalue weighted by Crippen LogP contribution is 2.32. The second kappa shape index (κ2) is 5.71. The third-order valence-corrected chi connectivity index (χ3v) is 3.22. The van der Waals surface area contributed by atoms with E-state index >= 15 is 0 Å². The van der Waals surface area contributed by atoms with E-state index in [1.807, 2.05) is 19.2 Å². The van der Waals surface area contributed by atoms with Crippen LogP contribution in [0, 0.1) is 5.92 Å². The van der Waals surface area contributed by atoms with Crippen LogP contribution in [0.3, 0.4) is 0 Å². The molecule has 1 unspecified atom stereocenters. The average Bonchev–Trinajstić information content (AvgIpc) is 3.12. The van der Waals surface area contributed by atoms with Crippen molar-refractivity contribution in [1.29, 1.82) is 0 Å². The third kappa shape index (κ3) is 3.60. The molecule has 4 heteroatoms. The molecule has 1 fully saturated rings. The number of nitrogens with one attached hydrogen (secondary N) is 1. The van der Waals surface area contributed by atoms with Crippen molar-refractivity contribution >= 4 is 11.6 Å². The predicted octanol–water partition coefficient (Wildman–Crippen LogP) is 2.38. The highest BCUT2D eigenvalue weighted by atomic mass is 35.5. The maximum Gasteiger partial charge on any atom is 0.138 e. The molecule has 3 nitrogen and oxygen atoms in total. The van der Waals surface area contributed by atoms with E-state index in [-0.39, 0.29) is 0 Å². The van der Waals surface area contributed by atoms with Crippen molar-refractivity contribution in [3.63, 3.8) is 0 Å². The smallest absolute Gasteiger partial charge is 0.138 e. The van der Waals surface area contributed by atoms with Gasteiger partial charge in [-0.25, -0.2) is 0 Å². The Morgan fingerprint density at radius 2 is 2.29 bits per heavy atom. The van der Waals surface area contributed by atoms with Crippen LogP contribution < -0.4 is 10.1 Å². The number of aliphatic hydroxyl groups excluding tert-OH is 1. The van der Waals surface area contributed by atoms with E-state index in [0.29, 0.717) is 23.2 Å². The van der Waals surface area contributed by atoms with E-state index in [1.165, 1.54) is 12.8 Å². The minimum absolute atomic E-state index is 0.518. The van der Waals surface area contributed by atoms with Gasteiger partial charge in [-0.2, -0.15) is 0 Å². The summed E-state index contributed by atoms with van der Waals surface area (Å²) < 4.78 is 5.67. The number of likely N-dealkylation sites (N-methyl/N-ethyl adjacent to an activating group) is 1. The van der Waals surface area contributed by atoms with Gasteiger partial charge in [0.15, 0.2) is 0 Å². The van der Waals surface area contributed by atoms with Gasteiger partial charge < -0.3 is 15.2 Å². The summed E-state index contributed by atoms with van der Waals surface area (Å²) >= 11 is 6.06. The first-order valence-electron chi connectivity index (χ1n) is 5.95. The fraction of sp³-hybridized carbons (Fsp3) is 0.538. The van der Waals surface area contributed by atoms with Crippen LogP contribution in [0.1, 0.15) is 24.5 Å². The summed E-state index contributed by atoms with van der Waals surface area (Å²) in [5, 5.41) is 13.4. The number of benzene rings is 1. The normalized spacial score (nSPS) is 16.9. The molecule has 1 aromatic carbocycles. The van der Waals surface area contributed by atoms with Gasteiger partial charge in [0.2, 0.25) is 0 Å². The molecule has 0 bridgehead atoms. The van der Waals surface area contributed by atoms with Gasteiger partial charge in [-0.3, -0.25) is 0 Å². The van der Waals surface area contributed by atoms with Crippen molar-refractivity contribution in [2.75, 3.05) is 20.2 Å². The van der Waals surface area contributed by atoms with E-state index in [9.17, 15) is 5.11 Å². The zero-order chi connectivity index (χ0) is 12.3. The Kier molecular flexibility index (Phi) is 4.26. The van der Waals surface area contributed by atoms with Crippen molar-refractivity contribution in [3.8, 4) is 5.75 Å². The standard InChI is InChI=1S/C13H18ClNO2/c1-15-7-12(16)10-4-5-11(14)13(6-10)17-8-9-2-3-9/h4-6,9,12,15-16H,2-3,7-8H2,1H3. The number of rotatable bonds is 6. The fourth-order valence-electron chi connectivity index (χ4n) is 1.64. The van der Waals surface area contributed by atoms with Crippen LogP contribution in [0.5, 0.6) is 5.75 Å². The summed E-state index contributed by atoms with van der Waals surface area (Å²) in [6, 6.07) is 5.43. The number of aliphatic hydroxyl groups is 1. The highest BCUT2D eigenvalue weighted by molar-refractivity contribution is 6.32. The molecular weight excluding hydrogens is 238 g/mol. The lowest BCUT2D eigenvalue weighted by Gasteiger charge is -2.13. The first-order chi connectivity index (χ1) is 8.20. The molecule has 2 rings (SSSR count). The maximum absolute atomic E-state index is 9.86. The van der Waals surface area contributed by atoms with Crippen LogP contribution in [-0.2, 0) is 0 Å². The third-order valence-electron chi connectivity index (χ3n) is 2.91. The van der Waals surface area contributed by atoms with Gasteiger partial charge in [0.25, 0.3) is 0 Å². The quantitative estimate of drug-likeness (QED) is 0.820.